The molecule has 1 fully saturated rings. The third-order valence-corrected chi connectivity index (χ3v) is 4.36. The fourth-order valence-corrected chi connectivity index (χ4v) is 3.07. The minimum absolute atomic E-state index is 0.710. The minimum Gasteiger partial charge on any atom is -0.368 e. The zero-order valence-corrected chi connectivity index (χ0v) is 13.8. The number of hydrogen-bond acceptors (Lipinski definition) is 2. The second-order valence-corrected chi connectivity index (χ2v) is 6.07. The van der Waals surface area contributed by atoms with Crippen LogP contribution in [0.15, 0.2) is 54.6 Å². The molecule has 5 heteroatoms. The van der Waals surface area contributed by atoms with Crippen molar-refractivity contribution in [2.75, 3.05) is 36.4 Å². The second kappa shape index (κ2) is 6.99. The Morgan fingerprint density at radius 3 is 2.36 bits per heavy atom. The Balaban J connectivity index is 1.56. The van der Waals surface area contributed by atoms with E-state index in [-0.39, 0.29) is 0 Å². The summed E-state index contributed by atoms with van der Waals surface area (Å²) in [6.45, 7) is 3.78. The van der Waals surface area contributed by atoms with Gasteiger partial charge >= 0.3 is 0 Å². The molecule has 0 spiro atoms. The Bertz CT molecular complexity index is 639. The summed E-state index contributed by atoms with van der Waals surface area (Å²) in [5.74, 6) is 0. The Morgan fingerprint density at radius 2 is 1.68 bits per heavy atom. The normalized spacial score (nSPS) is 14.8. The van der Waals surface area contributed by atoms with Crippen LogP contribution in [0.4, 0.5) is 11.4 Å². The van der Waals surface area contributed by atoms with Crippen LogP contribution in [0.5, 0.6) is 0 Å². The van der Waals surface area contributed by atoms with E-state index in [0.717, 1.165) is 37.0 Å². The molecule has 2 aromatic rings. The van der Waals surface area contributed by atoms with Gasteiger partial charge in [-0.3, -0.25) is 0 Å². The van der Waals surface area contributed by atoms with E-state index >= 15 is 0 Å². The monoisotopic (exact) mass is 331 g/mol. The molecule has 1 aliphatic rings. The SMILES string of the molecule is S=C(Nc1cccc(Cl)c1)N1CCN(c2ccccc2)CC1. The lowest BCUT2D eigenvalue weighted by atomic mass is 10.2. The molecule has 0 atom stereocenters. The van der Waals surface area contributed by atoms with Gasteiger partial charge in [-0.15, -0.1) is 0 Å². The summed E-state index contributed by atoms with van der Waals surface area (Å²) in [7, 11) is 0. The molecule has 3 rings (SSSR count). The molecule has 3 nitrogen and oxygen atoms in total. The molecule has 2 aromatic carbocycles. The molecule has 114 valence electrons. The molecule has 22 heavy (non-hydrogen) atoms. The first-order chi connectivity index (χ1) is 10.7. The van der Waals surface area contributed by atoms with Gasteiger partial charge in [0.1, 0.15) is 0 Å². The quantitative estimate of drug-likeness (QED) is 0.842. The number of anilines is 2. The van der Waals surface area contributed by atoms with Crippen LogP contribution in [0.25, 0.3) is 0 Å². The van der Waals surface area contributed by atoms with E-state index in [9.17, 15) is 0 Å². The highest BCUT2D eigenvalue weighted by Crippen LogP contribution is 2.18. The highest BCUT2D eigenvalue weighted by Gasteiger charge is 2.19. The van der Waals surface area contributed by atoms with E-state index in [1.54, 1.807) is 0 Å². The largest absolute Gasteiger partial charge is 0.368 e. The lowest BCUT2D eigenvalue weighted by Gasteiger charge is -2.37. The molecular weight excluding hydrogens is 314 g/mol. The third kappa shape index (κ3) is 3.70. The summed E-state index contributed by atoms with van der Waals surface area (Å²) in [5.41, 5.74) is 2.21. The summed E-state index contributed by atoms with van der Waals surface area (Å²) in [5, 5.41) is 4.73. The van der Waals surface area contributed by atoms with E-state index in [1.165, 1.54) is 5.69 Å². The van der Waals surface area contributed by atoms with Crippen LogP contribution in [0.3, 0.4) is 0 Å². The lowest BCUT2D eigenvalue weighted by Crippen LogP contribution is -2.50. The molecule has 0 unspecified atom stereocenters. The lowest BCUT2D eigenvalue weighted by molar-refractivity contribution is 0.391. The summed E-state index contributed by atoms with van der Waals surface area (Å²) in [4.78, 5) is 4.59. The van der Waals surface area contributed by atoms with Gasteiger partial charge in [-0.2, -0.15) is 0 Å². The first-order valence-electron chi connectivity index (χ1n) is 7.34. The average molecular weight is 332 g/mol. The van der Waals surface area contributed by atoms with Crippen molar-refractivity contribution in [1.29, 1.82) is 0 Å². The van der Waals surface area contributed by atoms with Gasteiger partial charge in [0.05, 0.1) is 0 Å². The Kier molecular flexibility index (Phi) is 4.80. The molecule has 1 saturated heterocycles. The van der Waals surface area contributed by atoms with Gasteiger partial charge in [0, 0.05) is 42.6 Å². The Hall–Kier alpha value is -1.78. The minimum atomic E-state index is 0.710. The van der Waals surface area contributed by atoms with Gasteiger partial charge < -0.3 is 15.1 Å². The van der Waals surface area contributed by atoms with Crippen molar-refractivity contribution in [3.8, 4) is 0 Å². The maximum Gasteiger partial charge on any atom is 0.173 e. The Morgan fingerprint density at radius 1 is 0.955 bits per heavy atom. The summed E-state index contributed by atoms with van der Waals surface area (Å²) < 4.78 is 0. The van der Waals surface area contributed by atoms with Gasteiger partial charge in [-0.05, 0) is 42.5 Å². The van der Waals surface area contributed by atoms with E-state index in [4.69, 9.17) is 23.8 Å². The molecule has 0 amide bonds. The molecule has 0 saturated carbocycles. The van der Waals surface area contributed by atoms with Crippen LogP contribution in [-0.2, 0) is 0 Å². The molecule has 0 radical (unpaired) electrons. The van der Waals surface area contributed by atoms with Crippen LogP contribution < -0.4 is 10.2 Å². The van der Waals surface area contributed by atoms with Crippen LogP contribution in [0.1, 0.15) is 0 Å². The maximum absolute atomic E-state index is 6.00. The van der Waals surface area contributed by atoms with E-state index in [0.29, 0.717) is 5.02 Å². The predicted octanol–water partition coefficient (Wildman–Crippen LogP) is 3.86. The fraction of sp³-hybridized carbons (Fsp3) is 0.235. The predicted molar refractivity (Wildman–Crippen MR) is 97.9 cm³/mol. The molecule has 1 heterocycles. The second-order valence-electron chi connectivity index (χ2n) is 5.25. The van der Waals surface area contributed by atoms with Crippen molar-refractivity contribution in [1.82, 2.24) is 4.90 Å². The van der Waals surface area contributed by atoms with Gasteiger partial charge in [-0.25, -0.2) is 0 Å². The third-order valence-electron chi connectivity index (χ3n) is 3.76. The zero-order chi connectivity index (χ0) is 15.4. The van der Waals surface area contributed by atoms with Crippen molar-refractivity contribution in [3.05, 3.63) is 59.6 Å². The van der Waals surface area contributed by atoms with E-state index in [1.807, 2.05) is 30.3 Å². The van der Waals surface area contributed by atoms with E-state index < -0.39 is 0 Å². The van der Waals surface area contributed by atoms with Gasteiger partial charge in [0.15, 0.2) is 5.11 Å². The van der Waals surface area contributed by atoms with Crippen molar-refractivity contribution in [2.45, 2.75) is 0 Å². The molecular formula is C17H18ClN3S. The molecule has 0 aliphatic carbocycles. The van der Waals surface area contributed by atoms with Crippen LogP contribution in [0, 0.1) is 0 Å². The standard InChI is InChI=1S/C17H18ClN3S/c18-14-5-4-6-15(13-14)19-17(22)21-11-9-20(10-12-21)16-7-2-1-3-8-16/h1-8,13H,9-12H2,(H,19,22). The highest BCUT2D eigenvalue weighted by molar-refractivity contribution is 7.80. The Labute approximate surface area is 141 Å². The maximum atomic E-state index is 6.00. The number of piperazine rings is 1. The number of para-hydroxylation sites is 1. The van der Waals surface area contributed by atoms with Gasteiger partial charge in [-0.1, -0.05) is 35.9 Å². The van der Waals surface area contributed by atoms with Crippen LogP contribution >= 0.6 is 23.8 Å². The number of hydrogen-bond donors (Lipinski definition) is 1. The number of nitrogens with one attached hydrogen (secondary N) is 1. The van der Waals surface area contributed by atoms with E-state index in [2.05, 4.69) is 39.4 Å². The van der Waals surface area contributed by atoms with Gasteiger partial charge in [0.2, 0.25) is 0 Å². The number of halogens is 1. The summed E-state index contributed by atoms with van der Waals surface area (Å²) in [6.07, 6.45) is 0. The number of benzene rings is 2. The van der Waals surface area contributed by atoms with Crippen molar-refractivity contribution in [3.63, 3.8) is 0 Å². The highest BCUT2D eigenvalue weighted by atomic mass is 35.5. The van der Waals surface area contributed by atoms with Crippen LogP contribution in [-0.4, -0.2) is 36.2 Å². The molecule has 0 bridgehead atoms. The van der Waals surface area contributed by atoms with Crippen LogP contribution in [0.2, 0.25) is 5.02 Å². The number of nitrogens with zero attached hydrogens (tertiary/aromatic N) is 2. The topological polar surface area (TPSA) is 18.5 Å². The summed E-state index contributed by atoms with van der Waals surface area (Å²) in [6, 6.07) is 18.1. The van der Waals surface area contributed by atoms with Crippen molar-refractivity contribution < 1.29 is 0 Å². The average Bonchev–Trinajstić information content (AvgIpc) is 2.56. The number of thiocarbonyl (C=S) groups is 1. The first-order valence-corrected chi connectivity index (χ1v) is 8.12. The fourth-order valence-electron chi connectivity index (χ4n) is 2.58. The van der Waals surface area contributed by atoms with Gasteiger partial charge in [0.25, 0.3) is 0 Å². The number of rotatable bonds is 2. The molecule has 1 N–H and O–H groups in total. The van der Waals surface area contributed by atoms with Crippen molar-refractivity contribution >= 4 is 40.3 Å². The summed E-state index contributed by atoms with van der Waals surface area (Å²) >= 11 is 11.5. The molecule has 0 aromatic heterocycles. The van der Waals surface area contributed by atoms with Crippen molar-refractivity contribution in [2.24, 2.45) is 0 Å². The molecule has 1 aliphatic heterocycles. The smallest absolute Gasteiger partial charge is 0.173 e. The zero-order valence-electron chi connectivity index (χ0n) is 12.2. The first kappa shape index (κ1) is 15.1.